The quantitative estimate of drug-likeness (QED) is 0.907. The zero-order valence-electron chi connectivity index (χ0n) is 12.0. The van der Waals surface area contributed by atoms with Crippen LogP contribution in [0.15, 0.2) is 18.3 Å². The second-order valence-electron chi connectivity index (χ2n) is 5.35. The van der Waals surface area contributed by atoms with Crippen molar-refractivity contribution in [3.8, 4) is 0 Å². The molecule has 3 heterocycles. The Morgan fingerprint density at radius 3 is 2.95 bits per heavy atom. The SMILES string of the molecule is Nc1c(C(=O)NCCN2CCCCC2)sc2cccnc12. The maximum atomic E-state index is 12.2. The summed E-state index contributed by atoms with van der Waals surface area (Å²) in [6.07, 6.45) is 5.56. The number of piperidine rings is 1. The number of aromatic nitrogens is 1. The number of thiophene rings is 1. The minimum Gasteiger partial charge on any atom is -0.396 e. The zero-order chi connectivity index (χ0) is 14.7. The highest BCUT2D eigenvalue weighted by molar-refractivity contribution is 7.21. The van der Waals surface area contributed by atoms with Crippen molar-refractivity contribution in [2.75, 3.05) is 31.9 Å². The van der Waals surface area contributed by atoms with Gasteiger partial charge in [-0.15, -0.1) is 11.3 Å². The molecule has 1 aliphatic rings. The highest BCUT2D eigenvalue weighted by Gasteiger charge is 2.17. The summed E-state index contributed by atoms with van der Waals surface area (Å²) in [6, 6.07) is 3.80. The Hall–Kier alpha value is -1.66. The Bertz CT molecular complexity index is 634. The van der Waals surface area contributed by atoms with Crippen LogP contribution in [0.25, 0.3) is 10.2 Å². The Morgan fingerprint density at radius 2 is 2.19 bits per heavy atom. The van der Waals surface area contributed by atoms with Gasteiger partial charge in [-0.3, -0.25) is 9.78 Å². The predicted octanol–water partition coefficient (Wildman–Crippen LogP) is 2.09. The second kappa shape index (κ2) is 6.41. The molecule has 1 aliphatic heterocycles. The summed E-state index contributed by atoms with van der Waals surface area (Å²) < 4.78 is 0.955. The number of carbonyl (C=O) groups is 1. The molecule has 0 saturated carbocycles. The number of carbonyl (C=O) groups excluding carboxylic acids is 1. The number of amides is 1. The number of hydrogen-bond acceptors (Lipinski definition) is 5. The number of anilines is 1. The lowest BCUT2D eigenvalue weighted by molar-refractivity contribution is 0.0951. The van der Waals surface area contributed by atoms with Crippen molar-refractivity contribution in [2.24, 2.45) is 0 Å². The first-order chi connectivity index (χ1) is 10.3. The molecule has 3 rings (SSSR count). The zero-order valence-corrected chi connectivity index (χ0v) is 12.8. The van der Waals surface area contributed by atoms with Gasteiger partial charge in [0, 0.05) is 19.3 Å². The Labute approximate surface area is 128 Å². The van der Waals surface area contributed by atoms with Crippen LogP contribution < -0.4 is 11.1 Å². The van der Waals surface area contributed by atoms with E-state index in [4.69, 9.17) is 5.73 Å². The smallest absolute Gasteiger partial charge is 0.263 e. The molecule has 0 radical (unpaired) electrons. The lowest BCUT2D eigenvalue weighted by Crippen LogP contribution is -2.37. The van der Waals surface area contributed by atoms with E-state index in [2.05, 4.69) is 15.2 Å². The largest absolute Gasteiger partial charge is 0.396 e. The Morgan fingerprint density at radius 1 is 1.38 bits per heavy atom. The molecule has 0 spiro atoms. The highest BCUT2D eigenvalue weighted by Crippen LogP contribution is 2.31. The van der Waals surface area contributed by atoms with Gasteiger partial charge in [0.05, 0.1) is 10.4 Å². The Balaban J connectivity index is 1.60. The first-order valence-electron chi connectivity index (χ1n) is 7.39. The molecule has 2 aromatic rings. The monoisotopic (exact) mass is 304 g/mol. The average Bonchev–Trinajstić information content (AvgIpc) is 2.86. The van der Waals surface area contributed by atoms with E-state index in [9.17, 15) is 4.79 Å². The third kappa shape index (κ3) is 3.16. The number of likely N-dealkylation sites (tertiary alicyclic amines) is 1. The van der Waals surface area contributed by atoms with Crippen LogP contribution in [0.4, 0.5) is 5.69 Å². The van der Waals surface area contributed by atoms with Gasteiger partial charge in [0.25, 0.3) is 5.91 Å². The van der Waals surface area contributed by atoms with E-state index in [-0.39, 0.29) is 5.91 Å². The summed E-state index contributed by atoms with van der Waals surface area (Å²) in [5.41, 5.74) is 7.25. The molecule has 5 nitrogen and oxygen atoms in total. The number of fused-ring (bicyclic) bond motifs is 1. The summed E-state index contributed by atoms with van der Waals surface area (Å²) in [5.74, 6) is -0.0903. The van der Waals surface area contributed by atoms with Gasteiger partial charge >= 0.3 is 0 Å². The summed E-state index contributed by atoms with van der Waals surface area (Å²) >= 11 is 1.40. The molecule has 112 valence electrons. The number of nitrogens with one attached hydrogen (secondary N) is 1. The van der Waals surface area contributed by atoms with Gasteiger partial charge in [-0.1, -0.05) is 6.42 Å². The fraction of sp³-hybridized carbons (Fsp3) is 0.467. The molecular weight excluding hydrogens is 284 g/mol. The van der Waals surface area contributed by atoms with Gasteiger partial charge < -0.3 is 16.0 Å². The van der Waals surface area contributed by atoms with Crippen LogP contribution in [-0.4, -0.2) is 42.0 Å². The van der Waals surface area contributed by atoms with Gasteiger partial charge in [0.15, 0.2) is 0 Å². The number of nitrogens with zero attached hydrogens (tertiary/aromatic N) is 2. The third-order valence-corrected chi connectivity index (χ3v) is 5.01. The van der Waals surface area contributed by atoms with Crippen molar-refractivity contribution < 1.29 is 4.79 Å². The number of hydrogen-bond donors (Lipinski definition) is 2. The van der Waals surface area contributed by atoms with Crippen LogP contribution >= 0.6 is 11.3 Å². The number of nitrogens with two attached hydrogens (primary N) is 1. The third-order valence-electron chi connectivity index (χ3n) is 3.85. The first-order valence-corrected chi connectivity index (χ1v) is 8.21. The van der Waals surface area contributed by atoms with E-state index in [1.807, 2.05) is 12.1 Å². The molecular formula is C15H20N4OS. The molecule has 1 amide bonds. The van der Waals surface area contributed by atoms with Crippen molar-refractivity contribution in [1.82, 2.24) is 15.2 Å². The van der Waals surface area contributed by atoms with Gasteiger partial charge in [0.2, 0.25) is 0 Å². The minimum absolute atomic E-state index is 0.0903. The van der Waals surface area contributed by atoms with Crippen molar-refractivity contribution in [3.63, 3.8) is 0 Å². The van der Waals surface area contributed by atoms with Crippen molar-refractivity contribution in [2.45, 2.75) is 19.3 Å². The normalized spacial score (nSPS) is 16.2. The maximum Gasteiger partial charge on any atom is 0.263 e. The molecule has 3 N–H and O–H groups in total. The second-order valence-corrected chi connectivity index (χ2v) is 6.41. The maximum absolute atomic E-state index is 12.2. The molecule has 0 unspecified atom stereocenters. The molecule has 6 heteroatoms. The lowest BCUT2D eigenvalue weighted by atomic mass is 10.1. The predicted molar refractivity (Wildman–Crippen MR) is 86.7 cm³/mol. The molecule has 21 heavy (non-hydrogen) atoms. The van der Waals surface area contributed by atoms with Crippen LogP contribution in [0.3, 0.4) is 0 Å². The van der Waals surface area contributed by atoms with Gasteiger partial charge in [-0.05, 0) is 38.1 Å². The van der Waals surface area contributed by atoms with Gasteiger partial charge in [-0.25, -0.2) is 0 Å². The van der Waals surface area contributed by atoms with E-state index in [0.29, 0.717) is 17.1 Å². The molecule has 0 bridgehead atoms. The lowest BCUT2D eigenvalue weighted by Gasteiger charge is -2.26. The van der Waals surface area contributed by atoms with Crippen LogP contribution in [0, 0.1) is 0 Å². The van der Waals surface area contributed by atoms with E-state index in [1.165, 1.54) is 30.6 Å². The summed E-state index contributed by atoms with van der Waals surface area (Å²) in [6.45, 7) is 3.87. The number of pyridine rings is 1. The van der Waals surface area contributed by atoms with E-state index >= 15 is 0 Å². The van der Waals surface area contributed by atoms with E-state index < -0.39 is 0 Å². The van der Waals surface area contributed by atoms with E-state index in [0.717, 1.165) is 29.9 Å². The standard InChI is InChI=1S/C15H20N4OS/c16-12-13-11(5-4-6-17-13)21-14(12)15(20)18-7-10-19-8-2-1-3-9-19/h4-6H,1-3,7-10,16H2,(H,18,20). The molecule has 0 aromatic carbocycles. The fourth-order valence-corrected chi connectivity index (χ4v) is 3.70. The fourth-order valence-electron chi connectivity index (χ4n) is 2.71. The molecule has 1 saturated heterocycles. The molecule has 0 atom stereocenters. The van der Waals surface area contributed by atoms with Crippen LogP contribution in [-0.2, 0) is 0 Å². The molecule has 2 aromatic heterocycles. The average molecular weight is 304 g/mol. The van der Waals surface area contributed by atoms with Gasteiger partial charge in [0.1, 0.15) is 10.4 Å². The van der Waals surface area contributed by atoms with Crippen molar-refractivity contribution >= 4 is 33.1 Å². The molecule has 1 fully saturated rings. The topological polar surface area (TPSA) is 71.2 Å². The summed E-state index contributed by atoms with van der Waals surface area (Å²) in [4.78, 5) is 19.5. The minimum atomic E-state index is -0.0903. The van der Waals surface area contributed by atoms with Crippen LogP contribution in [0.1, 0.15) is 28.9 Å². The van der Waals surface area contributed by atoms with Crippen molar-refractivity contribution in [1.29, 1.82) is 0 Å². The summed E-state index contributed by atoms with van der Waals surface area (Å²) in [5, 5.41) is 2.97. The Kier molecular flexibility index (Phi) is 4.36. The highest BCUT2D eigenvalue weighted by atomic mass is 32.1. The van der Waals surface area contributed by atoms with Crippen LogP contribution in [0.2, 0.25) is 0 Å². The first kappa shape index (κ1) is 14.3. The van der Waals surface area contributed by atoms with Gasteiger partial charge in [-0.2, -0.15) is 0 Å². The van der Waals surface area contributed by atoms with Crippen molar-refractivity contribution in [3.05, 3.63) is 23.2 Å². The van der Waals surface area contributed by atoms with E-state index in [1.54, 1.807) is 6.20 Å². The number of nitrogen functional groups attached to an aromatic ring is 1. The van der Waals surface area contributed by atoms with Crippen LogP contribution in [0.5, 0.6) is 0 Å². The molecule has 0 aliphatic carbocycles. The summed E-state index contributed by atoms with van der Waals surface area (Å²) in [7, 11) is 0. The number of rotatable bonds is 4.